The van der Waals surface area contributed by atoms with E-state index in [1.54, 1.807) is 27.7 Å². The Morgan fingerprint density at radius 3 is 2.03 bits per heavy atom. The van der Waals surface area contributed by atoms with Crippen LogP contribution in [-0.4, -0.2) is 40.3 Å². The maximum atomic E-state index is 13.4. The molecule has 0 amide bonds. The van der Waals surface area contributed by atoms with Gasteiger partial charge in [0.15, 0.2) is 5.88 Å². The minimum absolute atomic E-state index is 0.117. The summed E-state index contributed by atoms with van der Waals surface area (Å²) in [6.45, 7) is 19.1. The number of carbonyl (C=O) groups is 1. The van der Waals surface area contributed by atoms with Crippen molar-refractivity contribution in [3.05, 3.63) is 41.5 Å². The number of hydrogen-bond donors (Lipinski definition) is 1. The van der Waals surface area contributed by atoms with Gasteiger partial charge in [0, 0.05) is 19.2 Å². The molecule has 164 valence electrons. The second-order valence-corrected chi connectivity index (χ2v) is 9.28. The zero-order valence-corrected chi connectivity index (χ0v) is 18.9. The van der Waals surface area contributed by atoms with Crippen molar-refractivity contribution < 1.29 is 23.8 Å². The summed E-state index contributed by atoms with van der Waals surface area (Å²) in [6.07, 6.45) is 3.89. The summed E-state index contributed by atoms with van der Waals surface area (Å²) in [5.41, 5.74) is -0.517. The van der Waals surface area contributed by atoms with E-state index in [-0.39, 0.29) is 16.9 Å². The maximum Gasteiger partial charge on any atom is 0.341 e. The average Bonchev–Trinajstić information content (AvgIpc) is 2.56. The Hall–Kier alpha value is -2.24. The van der Waals surface area contributed by atoms with Crippen LogP contribution in [0.25, 0.3) is 0 Å². The van der Waals surface area contributed by atoms with Gasteiger partial charge >= 0.3 is 5.97 Å². The molecule has 1 heterocycles. The highest BCUT2D eigenvalue weighted by Gasteiger charge is 2.21. The molecule has 0 radical (unpaired) electrons. The molecule has 1 N–H and O–H groups in total. The largest absolute Gasteiger partial charge is 0.508 e. The molecule has 1 aliphatic rings. The van der Waals surface area contributed by atoms with E-state index in [0.29, 0.717) is 5.56 Å². The number of phenolic OH excluding ortho intramolecular Hbond substituents is 1. The lowest BCUT2D eigenvalue weighted by atomic mass is 10.1. The number of hydrogen-bond acceptors (Lipinski definition) is 5. The van der Waals surface area contributed by atoms with Gasteiger partial charge in [-0.1, -0.05) is 0 Å². The van der Waals surface area contributed by atoms with Crippen molar-refractivity contribution in [2.75, 3.05) is 13.1 Å². The molecule has 1 fully saturated rings. The summed E-state index contributed by atoms with van der Waals surface area (Å²) in [5, 5.41) is 9.25. The molecule has 0 saturated carbocycles. The van der Waals surface area contributed by atoms with Crippen LogP contribution < -0.4 is 0 Å². The molecule has 0 unspecified atom stereocenters. The third-order valence-corrected chi connectivity index (χ3v) is 4.04. The molecule has 1 aliphatic heterocycles. The number of phenols is 1. The van der Waals surface area contributed by atoms with E-state index < -0.39 is 17.4 Å². The summed E-state index contributed by atoms with van der Waals surface area (Å²) in [4.78, 5) is 13.8. The predicted octanol–water partition coefficient (Wildman–Crippen LogP) is 5.55. The summed E-state index contributed by atoms with van der Waals surface area (Å²) in [6, 6.07) is 2.19. The predicted molar refractivity (Wildman–Crippen MR) is 113 cm³/mol. The Morgan fingerprint density at radius 2 is 1.55 bits per heavy atom. The quantitative estimate of drug-likeness (QED) is 0.524. The number of ether oxygens (including phenoxy) is 2. The first-order chi connectivity index (χ1) is 13.2. The molecular formula is C23H36FNO4. The first kappa shape index (κ1) is 24.8. The van der Waals surface area contributed by atoms with Gasteiger partial charge in [-0.05, 0) is 85.9 Å². The molecule has 0 aromatic heterocycles. The van der Waals surface area contributed by atoms with Crippen LogP contribution >= 0.6 is 0 Å². The van der Waals surface area contributed by atoms with Gasteiger partial charge in [0.25, 0.3) is 0 Å². The lowest BCUT2D eigenvalue weighted by Crippen LogP contribution is -2.33. The fourth-order valence-electron chi connectivity index (χ4n) is 2.72. The number of benzene rings is 1. The highest BCUT2D eigenvalue weighted by molar-refractivity contribution is 5.90. The van der Waals surface area contributed by atoms with Gasteiger partial charge < -0.3 is 19.5 Å². The first-order valence-electron chi connectivity index (χ1n) is 10.0. The summed E-state index contributed by atoms with van der Waals surface area (Å²) < 4.78 is 24.1. The normalized spacial score (nSPS) is 14.6. The minimum atomic E-state index is -0.780. The van der Waals surface area contributed by atoms with Gasteiger partial charge in [0.05, 0.1) is 5.56 Å². The summed E-state index contributed by atoms with van der Waals surface area (Å²) >= 11 is 0. The van der Waals surface area contributed by atoms with Gasteiger partial charge in [-0.2, -0.15) is 0 Å². The van der Waals surface area contributed by atoms with Crippen molar-refractivity contribution in [1.82, 2.24) is 4.90 Å². The lowest BCUT2D eigenvalue weighted by Gasteiger charge is -2.33. The van der Waals surface area contributed by atoms with Gasteiger partial charge in [-0.3, -0.25) is 0 Å². The SMILES string of the molecule is C=C(OC(C)(C)C)N1CCCCC1.Cc1cc(C(=O)OC(C)(C)C)c(F)cc1O. The molecule has 2 rings (SSSR count). The number of aromatic hydroxyl groups is 1. The monoisotopic (exact) mass is 409 g/mol. The molecule has 1 saturated heterocycles. The zero-order valence-electron chi connectivity index (χ0n) is 18.9. The number of rotatable bonds is 3. The molecule has 0 bridgehead atoms. The van der Waals surface area contributed by atoms with Crippen molar-refractivity contribution >= 4 is 5.97 Å². The summed E-state index contributed by atoms with van der Waals surface area (Å²) in [7, 11) is 0. The Balaban J connectivity index is 0.000000296. The minimum Gasteiger partial charge on any atom is -0.508 e. The van der Waals surface area contributed by atoms with E-state index in [1.807, 2.05) is 0 Å². The lowest BCUT2D eigenvalue weighted by molar-refractivity contribution is -0.00162. The second kappa shape index (κ2) is 9.99. The van der Waals surface area contributed by atoms with Crippen LogP contribution in [0.15, 0.2) is 24.6 Å². The number of likely N-dealkylation sites (tertiary alicyclic amines) is 1. The Morgan fingerprint density at radius 1 is 1.03 bits per heavy atom. The van der Waals surface area contributed by atoms with E-state index in [2.05, 4.69) is 32.3 Å². The van der Waals surface area contributed by atoms with Gasteiger partial charge in [0.1, 0.15) is 22.8 Å². The fourth-order valence-corrected chi connectivity index (χ4v) is 2.72. The molecule has 0 atom stereocenters. The van der Waals surface area contributed by atoms with Crippen molar-refractivity contribution in [2.45, 2.75) is 78.9 Å². The number of piperidine rings is 1. The molecule has 0 spiro atoms. The average molecular weight is 410 g/mol. The van der Waals surface area contributed by atoms with Crippen LogP contribution in [0.1, 0.15) is 76.7 Å². The van der Waals surface area contributed by atoms with Crippen molar-refractivity contribution in [3.63, 3.8) is 0 Å². The first-order valence-corrected chi connectivity index (χ1v) is 10.0. The van der Waals surface area contributed by atoms with Gasteiger partial charge in [-0.15, -0.1) is 0 Å². The van der Waals surface area contributed by atoms with Crippen LogP contribution in [-0.2, 0) is 9.47 Å². The third kappa shape index (κ3) is 9.20. The Kier molecular flexibility index (Phi) is 8.54. The third-order valence-electron chi connectivity index (χ3n) is 4.04. The van der Waals surface area contributed by atoms with Crippen LogP contribution in [0.3, 0.4) is 0 Å². The number of carbonyl (C=O) groups excluding carboxylic acids is 1. The highest BCUT2D eigenvalue weighted by Crippen LogP contribution is 2.23. The Bertz CT molecular complexity index is 711. The second-order valence-electron chi connectivity index (χ2n) is 9.28. The maximum absolute atomic E-state index is 13.4. The number of aryl methyl sites for hydroxylation is 1. The van der Waals surface area contributed by atoms with Gasteiger partial charge in [0.2, 0.25) is 0 Å². The molecule has 5 nitrogen and oxygen atoms in total. The van der Waals surface area contributed by atoms with Crippen LogP contribution in [0.2, 0.25) is 0 Å². The van der Waals surface area contributed by atoms with Crippen LogP contribution in [0, 0.1) is 12.7 Å². The zero-order chi connectivity index (χ0) is 22.4. The van der Waals surface area contributed by atoms with E-state index >= 15 is 0 Å². The van der Waals surface area contributed by atoms with Crippen molar-refractivity contribution in [3.8, 4) is 5.75 Å². The van der Waals surface area contributed by atoms with Gasteiger partial charge in [-0.25, -0.2) is 9.18 Å². The van der Waals surface area contributed by atoms with Crippen LogP contribution in [0.4, 0.5) is 4.39 Å². The number of nitrogens with zero attached hydrogens (tertiary/aromatic N) is 1. The topological polar surface area (TPSA) is 59.0 Å². The Labute approximate surface area is 174 Å². The molecule has 1 aromatic rings. The molecule has 6 heteroatoms. The number of esters is 1. The van der Waals surface area contributed by atoms with E-state index in [9.17, 15) is 14.3 Å². The van der Waals surface area contributed by atoms with E-state index in [4.69, 9.17) is 9.47 Å². The molecular weight excluding hydrogens is 373 g/mol. The van der Waals surface area contributed by atoms with Crippen molar-refractivity contribution in [1.29, 1.82) is 0 Å². The smallest absolute Gasteiger partial charge is 0.341 e. The number of halogens is 1. The summed E-state index contributed by atoms with van der Waals surface area (Å²) in [5.74, 6) is -0.845. The standard InChI is InChI=1S/C12H15FO3.C11H21NO/c1-7-5-8(9(13)6-10(7)14)11(15)16-12(2,3)4;1-10(13-11(2,3)4)12-8-6-5-7-9-12/h5-6,14H,1-4H3;1,5-9H2,2-4H3. The van der Waals surface area contributed by atoms with E-state index in [1.165, 1.54) is 25.3 Å². The van der Waals surface area contributed by atoms with E-state index in [0.717, 1.165) is 25.0 Å². The molecule has 29 heavy (non-hydrogen) atoms. The van der Waals surface area contributed by atoms with Crippen molar-refractivity contribution in [2.24, 2.45) is 0 Å². The highest BCUT2D eigenvalue weighted by atomic mass is 19.1. The fraction of sp³-hybridized carbons (Fsp3) is 0.609. The molecule has 1 aromatic carbocycles. The van der Waals surface area contributed by atoms with Crippen LogP contribution in [0.5, 0.6) is 5.75 Å². The molecule has 0 aliphatic carbocycles.